The maximum Gasteiger partial charge on any atom is 0.253 e. The average molecular weight is 448 g/mol. The van der Waals surface area contributed by atoms with Gasteiger partial charge in [-0.15, -0.1) is 0 Å². The van der Waals surface area contributed by atoms with Gasteiger partial charge in [-0.1, -0.05) is 62.9 Å². The van der Waals surface area contributed by atoms with Crippen molar-refractivity contribution in [1.82, 2.24) is 5.32 Å². The second kappa shape index (κ2) is 11.4. The summed E-state index contributed by atoms with van der Waals surface area (Å²) in [7, 11) is 0. The highest BCUT2D eigenvalue weighted by Gasteiger charge is 2.22. The van der Waals surface area contributed by atoms with E-state index in [0.717, 1.165) is 49.5 Å². The molecule has 5 nitrogen and oxygen atoms in total. The predicted octanol–water partition coefficient (Wildman–Crippen LogP) is 5.76. The van der Waals surface area contributed by atoms with Gasteiger partial charge in [-0.05, 0) is 54.9 Å². The van der Waals surface area contributed by atoms with Crippen LogP contribution >= 0.6 is 0 Å². The molecule has 1 aliphatic heterocycles. The standard InChI is InChI=1S/C28H37N3O2/c1-21-15-17-31(18-16-21)26-13-12-24(30-27(32)14-11-22-7-5-6-8-22)19-25(26)28(33)29-20-23-9-3-2-4-10-23/h2-4,9-10,12-13,19,21-22H,5-8,11,14-18,20H2,1H3,(H,29,33)(H,30,32). The molecular formula is C28H37N3O2. The third-order valence-electron chi connectivity index (χ3n) is 7.20. The van der Waals surface area contributed by atoms with Crippen molar-refractivity contribution in [3.8, 4) is 0 Å². The van der Waals surface area contributed by atoms with Gasteiger partial charge in [0, 0.05) is 37.4 Å². The van der Waals surface area contributed by atoms with Crippen LogP contribution in [0.3, 0.4) is 0 Å². The Kier molecular flexibility index (Phi) is 8.03. The van der Waals surface area contributed by atoms with Crippen LogP contribution < -0.4 is 15.5 Å². The monoisotopic (exact) mass is 447 g/mol. The molecule has 1 saturated carbocycles. The molecule has 2 amide bonds. The molecule has 1 aliphatic carbocycles. The molecular weight excluding hydrogens is 410 g/mol. The Morgan fingerprint density at radius 1 is 0.970 bits per heavy atom. The third kappa shape index (κ3) is 6.59. The van der Waals surface area contributed by atoms with Crippen molar-refractivity contribution in [1.29, 1.82) is 0 Å². The van der Waals surface area contributed by atoms with Crippen molar-refractivity contribution in [2.45, 2.75) is 64.8 Å². The van der Waals surface area contributed by atoms with Gasteiger partial charge in [0.15, 0.2) is 0 Å². The van der Waals surface area contributed by atoms with E-state index < -0.39 is 0 Å². The van der Waals surface area contributed by atoms with Gasteiger partial charge in [0.25, 0.3) is 5.91 Å². The molecule has 33 heavy (non-hydrogen) atoms. The zero-order valence-electron chi connectivity index (χ0n) is 19.8. The number of rotatable bonds is 8. The summed E-state index contributed by atoms with van der Waals surface area (Å²) in [5, 5.41) is 6.10. The van der Waals surface area contributed by atoms with E-state index in [2.05, 4.69) is 22.5 Å². The molecule has 1 saturated heterocycles. The molecule has 0 radical (unpaired) electrons. The Hall–Kier alpha value is -2.82. The molecule has 2 aliphatic rings. The van der Waals surface area contributed by atoms with Gasteiger partial charge in [0.2, 0.25) is 5.91 Å². The zero-order chi connectivity index (χ0) is 23.0. The Labute approximate surface area is 197 Å². The highest BCUT2D eigenvalue weighted by Crippen LogP contribution is 2.30. The summed E-state index contributed by atoms with van der Waals surface area (Å²) in [6.07, 6.45) is 8.86. The summed E-state index contributed by atoms with van der Waals surface area (Å²) in [4.78, 5) is 28.1. The van der Waals surface area contributed by atoms with Crippen molar-refractivity contribution in [3.05, 3.63) is 59.7 Å². The van der Waals surface area contributed by atoms with Crippen LogP contribution in [0.1, 0.15) is 74.2 Å². The number of hydrogen-bond acceptors (Lipinski definition) is 3. The number of amides is 2. The van der Waals surface area contributed by atoms with Crippen LogP contribution in [0.25, 0.3) is 0 Å². The summed E-state index contributed by atoms with van der Waals surface area (Å²) in [5.41, 5.74) is 3.35. The maximum atomic E-state index is 13.2. The van der Waals surface area contributed by atoms with E-state index in [4.69, 9.17) is 0 Å². The van der Waals surface area contributed by atoms with Gasteiger partial charge in [0.1, 0.15) is 0 Å². The Morgan fingerprint density at radius 2 is 1.70 bits per heavy atom. The Bertz CT molecular complexity index is 929. The average Bonchev–Trinajstić information content (AvgIpc) is 3.36. The fourth-order valence-electron chi connectivity index (χ4n) is 5.05. The van der Waals surface area contributed by atoms with E-state index in [-0.39, 0.29) is 11.8 Å². The maximum absolute atomic E-state index is 13.2. The summed E-state index contributed by atoms with van der Waals surface area (Å²) < 4.78 is 0. The molecule has 5 heteroatoms. The second-order valence-corrected chi connectivity index (χ2v) is 9.81. The van der Waals surface area contributed by atoms with Crippen molar-refractivity contribution in [2.24, 2.45) is 11.8 Å². The van der Waals surface area contributed by atoms with Crippen molar-refractivity contribution in [2.75, 3.05) is 23.3 Å². The summed E-state index contributed by atoms with van der Waals surface area (Å²) in [6, 6.07) is 15.7. The molecule has 2 fully saturated rings. The zero-order valence-corrected chi connectivity index (χ0v) is 19.8. The van der Waals surface area contributed by atoms with E-state index in [9.17, 15) is 9.59 Å². The number of carbonyl (C=O) groups is 2. The van der Waals surface area contributed by atoms with Crippen LogP contribution in [-0.2, 0) is 11.3 Å². The fourth-order valence-corrected chi connectivity index (χ4v) is 5.05. The SMILES string of the molecule is CC1CCN(c2ccc(NC(=O)CCC3CCCC3)cc2C(=O)NCc2ccccc2)CC1. The van der Waals surface area contributed by atoms with Crippen molar-refractivity contribution >= 4 is 23.2 Å². The molecule has 0 bridgehead atoms. The number of nitrogens with zero attached hydrogens (tertiary/aromatic N) is 1. The van der Waals surface area contributed by atoms with E-state index in [1.807, 2.05) is 48.5 Å². The molecule has 176 valence electrons. The molecule has 0 aromatic heterocycles. The minimum Gasteiger partial charge on any atom is -0.371 e. The Balaban J connectivity index is 1.46. The fraction of sp³-hybridized carbons (Fsp3) is 0.500. The second-order valence-electron chi connectivity index (χ2n) is 9.81. The lowest BCUT2D eigenvalue weighted by molar-refractivity contribution is -0.116. The molecule has 2 aromatic rings. The summed E-state index contributed by atoms with van der Waals surface area (Å²) >= 11 is 0. The van der Waals surface area contributed by atoms with E-state index in [1.54, 1.807) is 0 Å². The van der Waals surface area contributed by atoms with Crippen molar-refractivity contribution < 1.29 is 9.59 Å². The number of nitrogens with one attached hydrogen (secondary N) is 2. The van der Waals surface area contributed by atoms with E-state index >= 15 is 0 Å². The quantitative estimate of drug-likeness (QED) is 0.541. The lowest BCUT2D eigenvalue weighted by atomic mass is 9.97. The summed E-state index contributed by atoms with van der Waals surface area (Å²) in [5.74, 6) is 1.35. The van der Waals surface area contributed by atoms with Crippen LogP contribution in [0, 0.1) is 11.8 Å². The van der Waals surface area contributed by atoms with E-state index in [1.165, 1.54) is 25.7 Å². The first-order valence-corrected chi connectivity index (χ1v) is 12.6. The lowest BCUT2D eigenvalue weighted by Crippen LogP contribution is -2.35. The molecule has 2 N–H and O–H groups in total. The van der Waals surface area contributed by atoms with Crippen LogP contribution in [-0.4, -0.2) is 24.9 Å². The number of carbonyl (C=O) groups excluding carboxylic acids is 2. The number of piperidine rings is 1. The van der Waals surface area contributed by atoms with Crippen molar-refractivity contribution in [3.63, 3.8) is 0 Å². The molecule has 0 atom stereocenters. The van der Waals surface area contributed by atoms with Gasteiger partial charge in [-0.3, -0.25) is 9.59 Å². The smallest absolute Gasteiger partial charge is 0.253 e. The first-order valence-electron chi connectivity index (χ1n) is 12.6. The van der Waals surface area contributed by atoms with Gasteiger partial charge in [-0.25, -0.2) is 0 Å². The van der Waals surface area contributed by atoms with Crippen LogP contribution in [0.2, 0.25) is 0 Å². The van der Waals surface area contributed by atoms with Crippen LogP contribution in [0.15, 0.2) is 48.5 Å². The molecule has 0 unspecified atom stereocenters. The first kappa shape index (κ1) is 23.3. The lowest BCUT2D eigenvalue weighted by Gasteiger charge is -2.33. The van der Waals surface area contributed by atoms with Gasteiger partial charge in [-0.2, -0.15) is 0 Å². The summed E-state index contributed by atoms with van der Waals surface area (Å²) in [6.45, 7) is 4.67. The van der Waals surface area contributed by atoms with Gasteiger partial charge >= 0.3 is 0 Å². The van der Waals surface area contributed by atoms with E-state index in [0.29, 0.717) is 30.1 Å². The van der Waals surface area contributed by atoms with Gasteiger partial charge < -0.3 is 15.5 Å². The highest BCUT2D eigenvalue weighted by atomic mass is 16.2. The highest BCUT2D eigenvalue weighted by molar-refractivity contribution is 6.02. The molecule has 4 rings (SSSR count). The minimum atomic E-state index is -0.102. The Morgan fingerprint density at radius 3 is 2.42 bits per heavy atom. The third-order valence-corrected chi connectivity index (χ3v) is 7.20. The molecule has 2 aromatic carbocycles. The van der Waals surface area contributed by atoms with Gasteiger partial charge in [0.05, 0.1) is 5.56 Å². The van der Waals surface area contributed by atoms with Crippen LogP contribution in [0.4, 0.5) is 11.4 Å². The number of hydrogen-bond donors (Lipinski definition) is 2. The first-order chi connectivity index (χ1) is 16.1. The number of benzene rings is 2. The molecule has 1 heterocycles. The normalized spacial score (nSPS) is 17.2. The van der Waals surface area contributed by atoms with Crippen LogP contribution in [0.5, 0.6) is 0 Å². The topological polar surface area (TPSA) is 61.4 Å². The largest absolute Gasteiger partial charge is 0.371 e. The minimum absolute atomic E-state index is 0.0390. The molecule has 0 spiro atoms. The predicted molar refractivity (Wildman–Crippen MR) is 134 cm³/mol. The number of anilines is 2.